The van der Waals surface area contributed by atoms with Gasteiger partial charge in [-0.3, -0.25) is 0 Å². The largest absolute Gasteiger partial charge is 0.315 e. The molecule has 0 radical (unpaired) electrons. The van der Waals surface area contributed by atoms with Gasteiger partial charge in [0.05, 0.1) is 0 Å². The van der Waals surface area contributed by atoms with E-state index in [-0.39, 0.29) is 0 Å². The fourth-order valence-corrected chi connectivity index (χ4v) is 2.56. The van der Waals surface area contributed by atoms with Gasteiger partial charge in [-0.25, -0.2) is 0 Å². The predicted molar refractivity (Wildman–Crippen MR) is 74.3 cm³/mol. The summed E-state index contributed by atoms with van der Waals surface area (Å²) < 4.78 is 0. The van der Waals surface area contributed by atoms with E-state index in [4.69, 9.17) is 0 Å². The molecule has 1 N–H and O–H groups in total. The monoisotopic (exact) mass is 237 g/mol. The highest BCUT2D eigenvalue weighted by Crippen LogP contribution is 2.22. The zero-order valence-electron chi connectivity index (χ0n) is 10.6. The smallest absolute Gasteiger partial charge is 0.0101 e. The van der Waals surface area contributed by atoms with Crippen LogP contribution in [0.5, 0.6) is 0 Å². The first kappa shape index (κ1) is 13.6. The van der Waals surface area contributed by atoms with Crippen molar-refractivity contribution in [2.75, 3.05) is 12.3 Å². The Morgan fingerprint density at radius 2 is 1.94 bits per heavy atom. The summed E-state index contributed by atoms with van der Waals surface area (Å²) in [5, 5.41) is 3.45. The Hall–Kier alpha value is -0.470. The first-order valence-corrected chi connectivity index (χ1v) is 7.10. The van der Waals surface area contributed by atoms with Crippen LogP contribution in [0.3, 0.4) is 0 Å². The molecule has 0 unspecified atom stereocenters. The third-order valence-corrected chi connectivity index (χ3v) is 3.74. The Balaban J connectivity index is 2.10. The molecule has 16 heavy (non-hydrogen) atoms. The zero-order valence-corrected chi connectivity index (χ0v) is 11.4. The normalized spacial score (nSPS) is 11.0. The van der Waals surface area contributed by atoms with Crippen LogP contribution >= 0.6 is 11.8 Å². The second-order valence-electron chi connectivity index (χ2n) is 4.43. The van der Waals surface area contributed by atoms with E-state index in [9.17, 15) is 0 Å². The van der Waals surface area contributed by atoms with Gasteiger partial charge < -0.3 is 5.32 Å². The van der Waals surface area contributed by atoms with E-state index >= 15 is 0 Å². The Morgan fingerprint density at radius 3 is 2.62 bits per heavy atom. The second-order valence-corrected chi connectivity index (χ2v) is 5.57. The van der Waals surface area contributed by atoms with E-state index in [2.05, 4.69) is 50.4 Å². The van der Waals surface area contributed by atoms with Crippen molar-refractivity contribution in [1.29, 1.82) is 0 Å². The molecule has 0 heterocycles. The minimum atomic E-state index is 0.615. The van der Waals surface area contributed by atoms with Crippen molar-refractivity contribution in [3.05, 3.63) is 29.8 Å². The van der Waals surface area contributed by atoms with Gasteiger partial charge in [-0.1, -0.05) is 32.0 Å². The molecule has 0 aliphatic rings. The molecule has 0 saturated heterocycles. The standard InChI is InChI=1S/C14H23NS/c1-12(2)15-10-6-7-11-16-14-9-5-4-8-13(14)3/h4-5,8-9,12,15H,6-7,10-11H2,1-3H3. The molecule has 1 nitrogen and oxygen atoms in total. The number of thioether (sulfide) groups is 1. The van der Waals surface area contributed by atoms with E-state index in [1.165, 1.54) is 29.1 Å². The van der Waals surface area contributed by atoms with Crippen LogP contribution in [0.2, 0.25) is 0 Å². The molecule has 0 spiro atoms. The topological polar surface area (TPSA) is 12.0 Å². The van der Waals surface area contributed by atoms with Crippen molar-refractivity contribution in [3.63, 3.8) is 0 Å². The van der Waals surface area contributed by atoms with Crippen molar-refractivity contribution >= 4 is 11.8 Å². The highest BCUT2D eigenvalue weighted by atomic mass is 32.2. The number of unbranched alkanes of at least 4 members (excludes halogenated alkanes) is 1. The first-order valence-electron chi connectivity index (χ1n) is 6.12. The van der Waals surface area contributed by atoms with E-state index in [1.54, 1.807) is 0 Å². The van der Waals surface area contributed by atoms with Gasteiger partial charge in [0.15, 0.2) is 0 Å². The summed E-state index contributed by atoms with van der Waals surface area (Å²) in [5.41, 5.74) is 1.40. The average Bonchev–Trinajstić information content (AvgIpc) is 2.25. The molecule has 0 aliphatic carbocycles. The Kier molecular flexibility index (Phi) is 6.58. The lowest BCUT2D eigenvalue weighted by atomic mass is 10.2. The van der Waals surface area contributed by atoms with Gasteiger partial charge in [-0.15, -0.1) is 11.8 Å². The van der Waals surface area contributed by atoms with Crippen LogP contribution in [0.15, 0.2) is 29.2 Å². The van der Waals surface area contributed by atoms with E-state index < -0.39 is 0 Å². The van der Waals surface area contributed by atoms with Crippen LogP contribution in [0.4, 0.5) is 0 Å². The Morgan fingerprint density at radius 1 is 1.19 bits per heavy atom. The van der Waals surface area contributed by atoms with Crippen LogP contribution in [-0.4, -0.2) is 18.3 Å². The summed E-state index contributed by atoms with van der Waals surface area (Å²) in [6.07, 6.45) is 2.57. The summed E-state index contributed by atoms with van der Waals surface area (Å²) in [4.78, 5) is 1.43. The molecule has 0 amide bonds. The van der Waals surface area contributed by atoms with Gasteiger partial charge in [0, 0.05) is 10.9 Å². The summed E-state index contributed by atoms with van der Waals surface area (Å²) in [6, 6.07) is 9.24. The van der Waals surface area contributed by atoms with Crippen molar-refractivity contribution in [2.24, 2.45) is 0 Å². The first-order chi connectivity index (χ1) is 7.70. The van der Waals surface area contributed by atoms with Crippen LogP contribution in [0.1, 0.15) is 32.3 Å². The lowest BCUT2D eigenvalue weighted by Crippen LogP contribution is -2.23. The minimum absolute atomic E-state index is 0.615. The average molecular weight is 237 g/mol. The molecule has 0 aliphatic heterocycles. The maximum Gasteiger partial charge on any atom is 0.0101 e. The summed E-state index contributed by atoms with van der Waals surface area (Å²) >= 11 is 1.98. The fourth-order valence-electron chi connectivity index (χ4n) is 1.52. The molecular formula is C14H23NS. The Labute approximate surface area is 104 Å². The third-order valence-electron chi connectivity index (χ3n) is 2.47. The number of rotatable bonds is 7. The fraction of sp³-hybridized carbons (Fsp3) is 0.571. The van der Waals surface area contributed by atoms with E-state index in [1.807, 2.05) is 11.8 Å². The van der Waals surface area contributed by atoms with Gasteiger partial charge in [0.25, 0.3) is 0 Å². The van der Waals surface area contributed by atoms with Crippen LogP contribution in [0.25, 0.3) is 0 Å². The lowest BCUT2D eigenvalue weighted by molar-refractivity contribution is 0.567. The van der Waals surface area contributed by atoms with Crippen molar-refractivity contribution in [1.82, 2.24) is 5.32 Å². The molecule has 90 valence electrons. The minimum Gasteiger partial charge on any atom is -0.315 e. The van der Waals surface area contributed by atoms with Crippen molar-refractivity contribution < 1.29 is 0 Å². The molecule has 0 bridgehead atoms. The van der Waals surface area contributed by atoms with Crippen molar-refractivity contribution in [2.45, 2.75) is 44.6 Å². The van der Waals surface area contributed by atoms with Crippen LogP contribution in [-0.2, 0) is 0 Å². The summed E-state index contributed by atoms with van der Waals surface area (Å²) in [5.74, 6) is 1.23. The van der Waals surface area contributed by atoms with Gasteiger partial charge >= 0.3 is 0 Å². The predicted octanol–water partition coefficient (Wildman–Crippen LogP) is 3.87. The van der Waals surface area contributed by atoms with E-state index in [0.717, 1.165) is 6.54 Å². The quantitative estimate of drug-likeness (QED) is 0.571. The van der Waals surface area contributed by atoms with Crippen LogP contribution in [0, 0.1) is 6.92 Å². The van der Waals surface area contributed by atoms with Gasteiger partial charge in [0.1, 0.15) is 0 Å². The number of benzene rings is 1. The number of hydrogen-bond donors (Lipinski definition) is 1. The molecular weight excluding hydrogens is 214 g/mol. The molecule has 0 fully saturated rings. The SMILES string of the molecule is Cc1ccccc1SCCCCNC(C)C. The lowest BCUT2D eigenvalue weighted by Gasteiger charge is -2.08. The van der Waals surface area contributed by atoms with Gasteiger partial charge in [-0.2, -0.15) is 0 Å². The molecule has 1 aromatic rings. The van der Waals surface area contributed by atoms with Gasteiger partial charge in [-0.05, 0) is 43.7 Å². The molecule has 0 saturated carbocycles. The second kappa shape index (κ2) is 7.75. The number of aryl methyl sites for hydroxylation is 1. The molecule has 1 rings (SSSR count). The highest BCUT2D eigenvalue weighted by molar-refractivity contribution is 7.99. The van der Waals surface area contributed by atoms with Crippen LogP contribution < -0.4 is 5.32 Å². The zero-order chi connectivity index (χ0) is 11.8. The molecule has 2 heteroatoms. The third kappa shape index (κ3) is 5.57. The van der Waals surface area contributed by atoms with Gasteiger partial charge in [0.2, 0.25) is 0 Å². The number of hydrogen-bond acceptors (Lipinski definition) is 2. The van der Waals surface area contributed by atoms with Crippen molar-refractivity contribution in [3.8, 4) is 0 Å². The van der Waals surface area contributed by atoms with E-state index in [0.29, 0.717) is 6.04 Å². The molecule has 0 atom stereocenters. The summed E-state index contributed by atoms with van der Waals surface area (Å²) in [7, 11) is 0. The Bertz CT molecular complexity index is 297. The molecule has 1 aromatic carbocycles. The maximum atomic E-state index is 3.45. The maximum absolute atomic E-state index is 3.45. The molecule has 0 aromatic heterocycles. The summed E-state index contributed by atoms with van der Waals surface area (Å²) in [6.45, 7) is 7.72. The number of nitrogens with one attached hydrogen (secondary N) is 1. The highest BCUT2D eigenvalue weighted by Gasteiger charge is 1.97.